The molecule has 2 rings (SSSR count). The van der Waals surface area contributed by atoms with E-state index in [2.05, 4.69) is 10.6 Å². The van der Waals surface area contributed by atoms with Crippen LogP contribution in [0.4, 0.5) is 4.39 Å². The van der Waals surface area contributed by atoms with E-state index in [1.165, 1.54) is 18.2 Å². The van der Waals surface area contributed by atoms with Crippen LogP contribution in [-0.4, -0.2) is 17.9 Å². The Balaban J connectivity index is 2.01. The van der Waals surface area contributed by atoms with Gasteiger partial charge in [-0.05, 0) is 24.6 Å². The first-order valence-corrected chi connectivity index (χ1v) is 5.86. The molecule has 0 bridgehead atoms. The van der Waals surface area contributed by atoms with Crippen LogP contribution >= 0.6 is 0 Å². The van der Waals surface area contributed by atoms with E-state index in [-0.39, 0.29) is 18.9 Å². The lowest BCUT2D eigenvalue weighted by Crippen LogP contribution is -2.50. The Morgan fingerprint density at radius 2 is 2.26 bits per heavy atom. The van der Waals surface area contributed by atoms with Gasteiger partial charge in [-0.15, -0.1) is 0 Å². The third-order valence-corrected chi connectivity index (χ3v) is 2.95. The number of carbonyl (C=O) groups is 2. The molecule has 1 heterocycles. The molecule has 1 atom stereocenters. The van der Waals surface area contributed by atoms with E-state index in [1.54, 1.807) is 0 Å². The topological polar surface area (TPSA) is 82.0 Å². The summed E-state index contributed by atoms with van der Waals surface area (Å²) in [6.07, 6.45) is 0.661. The summed E-state index contributed by atoms with van der Waals surface area (Å²) in [6.45, 7) is 0.133. The van der Waals surface area contributed by atoms with Crippen molar-refractivity contribution < 1.29 is 14.0 Å². The number of halogens is 1. The fourth-order valence-electron chi connectivity index (χ4n) is 1.90. The third-order valence-electron chi connectivity index (χ3n) is 2.95. The van der Waals surface area contributed by atoms with E-state index in [1.807, 2.05) is 6.07 Å². The van der Waals surface area contributed by atoms with E-state index in [4.69, 9.17) is 5.26 Å². The van der Waals surface area contributed by atoms with Gasteiger partial charge in [0.25, 0.3) is 0 Å². The van der Waals surface area contributed by atoms with Crippen LogP contribution in [0.25, 0.3) is 0 Å². The second-order valence-electron chi connectivity index (χ2n) is 4.30. The minimum atomic E-state index is -0.511. The van der Waals surface area contributed by atoms with Crippen molar-refractivity contribution in [3.05, 3.63) is 35.1 Å². The van der Waals surface area contributed by atoms with Gasteiger partial charge in [-0.2, -0.15) is 5.26 Å². The molecule has 1 fully saturated rings. The smallest absolute Gasteiger partial charge is 0.243 e. The summed E-state index contributed by atoms with van der Waals surface area (Å²) in [4.78, 5) is 22.5. The van der Waals surface area contributed by atoms with Gasteiger partial charge in [-0.25, -0.2) is 4.39 Å². The van der Waals surface area contributed by atoms with Gasteiger partial charge in [0.1, 0.15) is 5.82 Å². The average molecular weight is 261 g/mol. The molecule has 2 amide bonds. The maximum Gasteiger partial charge on any atom is 0.243 e. The van der Waals surface area contributed by atoms with Crippen molar-refractivity contribution in [3.63, 3.8) is 0 Å². The van der Waals surface area contributed by atoms with E-state index < -0.39 is 17.8 Å². The average Bonchev–Trinajstić information content (AvgIpc) is 2.39. The van der Waals surface area contributed by atoms with Gasteiger partial charge < -0.3 is 5.32 Å². The second kappa shape index (κ2) is 5.59. The first-order chi connectivity index (χ1) is 9.10. The normalized spacial score (nSPS) is 18.8. The van der Waals surface area contributed by atoms with Crippen LogP contribution in [0, 0.1) is 17.1 Å². The molecule has 0 aromatic heterocycles. The van der Waals surface area contributed by atoms with Gasteiger partial charge in [0.2, 0.25) is 11.8 Å². The summed E-state index contributed by atoms with van der Waals surface area (Å²) >= 11 is 0. The number of carbonyl (C=O) groups excluding carboxylic acids is 2. The van der Waals surface area contributed by atoms with Gasteiger partial charge in [0.15, 0.2) is 0 Å². The maximum absolute atomic E-state index is 13.5. The molecule has 0 spiro atoms. The summed E-state index contributed by atoms with van der Waals surface area (Å²) in [6, 6.07) is 5.47. The van der Waals surface area contributed by atoms with Gasteiger partial charge in [-0.3, -0.25) is 14.9 Å². The van der Waals surface area contributed by atoms with E-state index in [0.717, 1.165) is 0 Å². The Hall–Kier alpha value is -2.26. The molecule has 1 aromatic carbocycles. The Labute approximate surface area is 109 Å². The van der Waals surface area contributed by atoms with Crippen LogP contribution in [0.5, 0.6) is 0 Å². The molecule has 1 unspecified atom stereocenters. The van der Waals surface area contributed by atoms with Gasteiger partial charge in [0.05, 0.1) is 17.7 Å². The van der Waals surface area contributed by atoms with Crippen molar-refractivity contribution in [3.8, 4) is 6.07 Å². The molecule has 1 aliphatic rings. The highest BCUT2D eigenvalue weighted by atomic mass is 19.1. The van der Waals surface area contributed by atoms with E-state index in [9.17, 15) is 14.0 Å². The molecule has 0 saturated carbocycles. The van der Waals surface area contributed by atoms with Crippen LogP contribution in [0.2, 0.25) is 0 Å². The second-order valence-corrected chi connectivity index (χ2v) is 4.30. The number of hydrogen-bond donors (Lipinski definition) is 2. The predicted molar refractivity (Wildman–Crippen MR) is 64.1 cm³/mol. The number of piperidine rings is 1. The van der Waals surface area contributed by atoms with Crippen molar-refractivity contribution in [2.75, 3.05) is 0 Å². The summed E-state index contributed by atoms with van der Waals surface area (Å²) in [5.74, 6) is -1.12. The number of nitriles is 1. The summed E-state index contributed by atoms with van der Waals surface area (Å²) in [7, 11) is 0. The molecular weight excluding hydrogens is 249 g/mol. The number of amides is 2. The lowest BCUT2D eigenvalue weighted by Gasteiger charge is -2.22. The molecule has 19 heavy (non-hydrogen) atoms. The number of rotatable bonds is 3. The van der Waals surface area contributed by atoms with E-state index in [0.29, 0.717) is 17.5 Å². The SMILES string of the molecule is N#Cc1ccc(F)c(CNC2CCC(=O)NC2=O)c1. The Morgan fingerprint density at radius 1 is 1.47 bits per heavy atom. The van der Waals surface area contributed by atoms with Crippen molar-refractivity contribution in [2.24, 2.45) is 0 Å². The predicted octanol–water partition coefficient (Wildman–Crippen LogP) is 0.592. The molecule has 1 aromatic rings. The summed E-state index contributed by atoms with van der Waals surface area (Å²) in [5, 5.41) is 13.8. The number of benzene rings is 1. The molecule has 5 nitrogen and oxygen atoms in total. The molecule has 2 N–H and O–H groups in total. The van der Waals surface area contributed by atoms with Crippen LogP contribution in [0.15, 0.2) is 18.2 Å². The van der Waals surface area contributed by atoms with Crippen molar-refractivity contribution in [1.82, 2.24) is 10.6 Å². The molecule has 0 radical (unpaired) electrons. The monoisotopic (exact) mass is 261 g/mol. The third kappa shape index (κ3) is 3.14. The van der Waals surface area contributed by atoms with Crippen LogP contribution < -0.4 is 10.6 Å². The highest BCUT2D eigenvalue weighted by Gasteiger charge is 2.26. The Morgan fingerprint density at radius 3 is 2.95 bits per heavy atom. The minimum absolute atomic E-state index is 0.133. The first kappa shape index (κ1) is 13.2. The van der Waals surface area contributed by atoms with Crippen LogP contribution in [0.3, 0.4) is 0 Å². The Kier molecular flexibility index (Phi) is 3.88. The lowest BCUT2D eigenvalue weighted by atomic mass is 10.1. The molecule has 1 aliphatic heterocycles. The molecular formula is C13H12FN3O2. The zero-order valence-electron chi connectivity index (χ0n) is 10.1. The molecule has 6 heteroatoms. The van der Waals surface area contributed by atoms with Crippen LogP contribution in [-0.2, 0) is 16.1 Å². The van der Waals surface area contributed by atoms with Crippen molar-refractivity contribution >= 4 is 11.8 Å². The fraction of sp³-hybridized carbons (Fsp3) is 0.308. The zero-order chi connectivity index (χ0) is 13.8. The van der Waals surface area contributed by atoms with Gasteiger partial charge in [0, 0.05) is 18.5 Å². The van der Waals surface area contributed by atoms with E-state index >= 15 is 0 Å². The maximum atomic E-state index is 13.5. The first-order valence-electron chi connectivity index (χ1n) is 5.86. The highest BCUT2D eigenvalue weighted by molar-refractivity contribution is 6.00. The highest BCUT2D eigenvalue weighted by Crippen LogP contribution is 2.11. The summed E-state index contributed by atoms with van der Waals surface area (Å²) in [5.41, 5.74) is 0.685. The quantitative estimate of drug-likeness (QED) is 0.780. The van der Waals surface area contributed by atoms with Crippen molar-refractivity contribution in [2.45, 2.75) is 25.4 Å². The zero-order valence-corrected chi connectivity index (χ0v) is 10.1. The standard InChI is InChI=1S/C13H12FN3O2/c14-10-2-1-8(6-15)5-9(10)7-16-11-3-4-12(18)17-13(11)19/h1-2,5,11,16H,3-4,7H2,(H,17,18,19). The lowest BCUT2D eigenvalue weighted by molar-refractivity contribution is -0.134. The fourth-order valence-corrected chi connectivity index (χ4v) is 1.90. The number of nitrogens with one attached hydrogen (secondary N) is 2. The molecule has 0 aliphatic carbocycles. The molecule has 1 saturated heterocycles. The van der Waals surface area contributed by atoms with Gasteiger partial charge in [-0.1, -0.05) is 0 Å². The van der Waals surface area contributed by atoms with Crippen molar-refractivity contribution in [1.29, 1.82) is 5.26 Å². The molecule has 98 valence electrons. The van der Waals surface area contributed by atoms with Crippen LogP contribution in [0.1, 0.15) is 24.0 Å². The number of nitrogens with zero attached hydrogens (tertiary/aromatic N) is 1. The largest absolute Gasteiger partial charge is 0.302 e. The minimum Gasteiger partial charge on any atom is -0.302 e. The number of imide groups is 1. The number of hydrogen-bond acceptors (Lipinski definition) is 4. The summed E-state index contributed by atoms with van der Waals surface area (Å²) < 4.78 is 13.5. The van der Waals surface area contributed by atoms with Gasteiger partial charge >= 0.3 is 0 Å². The Bertz CT molecular complexity index is 565.